The van der Waals surface area contributed by atoms with Gasteiger partial charge in [-0.05, 0) is 80.4 Å². The highest BCUT2D eigenvalue weighted by atomic mass is 79.9. The quantitative estimate of drug-likeness (QED) is 0.421. The number of aliphatic carboxylic acids is 1. The Morgan fingerprint density at radius 3 is 2.23 bits per heavy atom. The van der Waals surface area contributed by atoms with E-state index in [1.807, 2.05) is 19.9 Å². The second-order valence-corrected chi connectivity index (χ2v) is 8.98. The van der Waals surface area contributed by atoms with Crippen LogP contribution < -0.4 is 11.1 Å². The molecule has 4 N–H and O–H groups in total. The van der Waals surface area contributed by atoms with Crippen LogP contribution in [0.4, 0.5) is 8.78 Å². The molecule has 0 aliphatic heterocycles. The number of carboxylic acid groups (broad SMARTS) is 1. The van der Waals surface area contributed by atoms with Gasteiger partial charge in [0.2, 0.25) is 5.91 Å². The molecule has 1 aromatic carbocycles. The standard InChI is InChI=1S/C13H10Br2F2N2.C8H15NO3/c14-10-1-2-12(15)19-13(10)11(18)5-7-3-8(16)6-9(17)4-7;1-5(2)4-7(8(11)12)9-6(3)10/h1-4,6,11H,5,18H2;5,7H,4H2,1-3H3,(H,9,10)(H,11,12). The lowest BCUT2D eigenvalue weighted by molar-refractivity contribution is -0.142. The van der Waals surface area contributed by atoms with Crippen LogP contribution in [0.5, 0.6) is 0 Å². The molecular weight excluding hydrogens is 540 g/mol. The lowest BCUT2D eigenvalue weighted by atomic mass is 10.0. The SMILES string of the molecule is CC(=O)NC(CC(C)C)C(=O)O.NC(Cc1cc(F)cc(F)c1)c1nc(Br)ccc1Br. The van der Waals surface area contributed by atoms with Crippen molar-refractivity contribution in [2.75, 3.05) is 0 Å². The van der Waals surface area contributed by atoms with E-state index in [4.69, 9.17) is 10.8 Å². The summed E-state index contributed by atoms with van der Waals surface area (Å²) in [6.07, 6.45) is 0.769. The number of benzene rings is 1. The van der Waals surface area contributed by atoms with E-state index in [2.05, 4.69) is 42.2 Å². The Hall–Kier alpha value is -1.91. The number of hydrogen-bond donors (Lipinski definition) is 3. The topological polar surface area (TPSA) is 105 Å². The summed E-state index contributed by atoms with van der Waals surface area (Å²) in [6, 6.07) is 5.78. The van der Waals surface area contributed by atoms with E-state index < -0.39 is 29.7 Å². The fraction of sp³-hybridized carbons (Fsp3) is 0.381. The molecule has 10 heteroatoms. The molecule has 1 heterocycles. The zero-order valence-corrected chi connectivity index (χ0v) is 20.5. The minimum absolute atomic E-state index is 0.262. The van der Waals surface area contributed by atoms with Crippen LogP contribution in [0.1, 0.15) is 44.5 Å². The Bertz CT molecular complexity index is 893. The number of halogens is 4. The zero-order chi connectivity index (χ0) is 23.7. The van der Waals surface area contributed by atoms with E-state index >= 15 is 0 Å². The average Bonchev–Trinajstić information content (AvgIpc) is 2.62. The van der Waals surface area contributed by atoms with E-state index in [0.29, 0.717) is 28.7 Å². The Morgan fingerprint density at radius 2 is 1.74 bits per heavy atom. The van der Waals surface area contributed by atoms with Crippen molar-refractivity contribution in [3.63, 3.8) is 0 Å². The number of rotatable bonds is 7. The molecule has 2 rings (SSSR count). The summed E-state index contributed by atoms with van der Waals surface area (Å²) in [5, 5.41) is 11.0. The number of carbonyl (C=O) groups excluding carboxylic acids is 1. The molecule has 31 heavy (non-hydrogen) atoms. The number of nitrogens with two attached hydrogens (primary N) is 1. The van der Waals surface area contributed by atoms with Crippen molar-refractivity contribution in [2.45, 2.75) is 45.7 Å². The first-order valence-corrected chi connectivity index (χ1v) is 11.0. The van der Waals surface area contributed by atoms with Gasteiger partial charge in [0.1, 0.15) is 22.3 Å². The van der Waals surface area contributed by atoms with E-state index in [-0.39, 0.29) is 11.8 Å². The molecule has 0 bridgehead atoms. The van der Waals surface area contributed by atoms with Gasteiger partial charge >= 0.3 is 5.97 Å². The van der Waals surface area contributed by atoms with Crippen molar-refractivity contribution in [1.82, 2.24) is 10.3 Å². The minimum atomic E-state index is -0.973. The Labute approximate surface area is 196 Å². The number of nitrogens with zero attached hydrogens (tertiary/aromatic N) is 1. The second kappa shape index (κ2) is 12.8. The maximum atomic E-state index is 13.1. The predicted molar refractivity (Wildman–Crippen MR) is 121 cm³/mol. The summed E-state index contributed by atoms with van der Waals surface area (Å²) in [4.78, 5) is 25.4. The number of carboxylic acids is 1. The molecule has 2 atom stereocenters. The molecule has 0 fully saturated rings. The first-order valence-electron chi connectivity index (χ1n) is 9.41. The van der Waals surface area contributed by atoms with Crippen molar-refractivity contribution in [2.24, 2.45) is 11.7 Å². The molecule has 0 aliphatic carbocycles. The third-order valence-electron chi connectivity index (χ3n) is 3.95. The van der Waals surface area contributed by atoms with Crippen LogP contribution in [0.3, 0.4) is 0 Å². The Morgan fingerprint density at radius 1 is 1.16 bits per heavy atom. The predicted octanol–water partition coefficient (Wildman–Crippen LogP) is 4.75. The van der Waals surface area contributed by atoms with E-state index in [0.717, 1.165) is 10.5 Å². The minimum Gasteiger partial charge on any atom is -0.480 e. The highest BCUT2D eigenvalue weighted by molar-refractivity contribution is 9.11. The number of carbonyl (C=O) groups is 2. The monoisotopic (exact) mass is 563 g/mol. The molecule has 2 unspecified atom stereocenters. The number of hydrogen-bond acceptors (Lipinski definition) is 4. The smallest absolute Gasteiger partial charge is 0.326 e. The fourth-order valence-corrected chi connectivity index (χ4v) is 3.55. The molecule has 1 aromatic heterocycles. The highest BCUT2D eigenvalue weighted by Crippen LogP contribution is 2.25. The number of aromatic nitrogens is 1. The first-order chi connectivity index (χ1) is 14.4. The summed E-state index contributed by atoms with van der Waals surface area (Å²) in [7, 11) is 0. The molecule has 0 saturated carbocycles. The lowest BCUT2D eigenvalue weighted by Gasteiger charge is -2.14. The number of pyridine rings is 1. The number of amides is 1. The summed E-state index contributed by atoms with van der Waals surface area (Å²) >= 11 is 6.63. The van der Waals surface area contributed by atoms with Gasteiger partial charge in [0.15, 0.2) is 0 Å². The first kappa shape index (κ1) is 27.1. The van der Waals surface area contributed by atoms with Crippen molar-refractivity contribution < 1.29 is 23.5 Å². The van der Waals surface area contributed by atoms with E-state index in [9.17, 15) is 18.4 Å². The normalized spacial score (nSPS) is 12.5. The maximum absolute atomic E-state index is 13.1. The van der Waals surface area contributed by atoms with Crippen LogP contribution in [0.25, 0.3) is 0 Å². The van der Waals surface area contributed by atoms with Crippen LogP contribution in [0.2, 0.25) is 0 Å². The van der Waals surface area contributed by atoms with Crippen LogP contribution in [0, 0.1) is 17.6 Å². The van der Waals surface area contributed by atoms with Gasteiger partial charge in [0, 0.05) is 17.5 Å². The highest BCUT2D eigenvalue weighted by Gasteiger charge is 2.19. The van der Waals surface area contributed by atoms with Crippen molar-refractivity contribution in [3.05, 3.63) is 62.3 Å². The molecule has 0 radical (unpaired) electrons. The Balaban J connectivity index is 0.000000348. The maximum Gasteiger partial charge on any atom is 0.326 e. The van der Waals surface area contributed by atoms with Crippen LogP contribution in [-0.4, -0.2) is 28.0 Å². The van der Waals surface area contributed by atoms with Gasteiger partial charge in [-0.15, -0.1) is 0 Å². The number of nitrogens with one attached hydrogen (secondary N) is 1. The van der Waals surface area contributed by atoms with Gasteiger partial charge in [0.05, 0.1) is 11.7 Å². The second-order valence-electron chi connectivity index (χ2n) is 7.31. The van der Waals surface area contributed by atoms with E-state index in [1.165, 1.54) is 19.1 Å². The van der Waals surface area contributed by atoms with Crippen LogP contribution in [0.15, 0.2) is 39.4 Å². The summed E-state index contributed by atoms with van der Waals surface area (Å²) in [5.41, 5.74) is 7.18. The van der Waals surface area contributed by atoms with Crippen molar-refractivity contribution in [1.29, 1.82) is 0 Å². The molecule has 1 amide bonds. The Kier molecular flexibility index (Phi) is 11.2. The third kappa shape index (κ3) is 10.3. The van der Waals surface area contributed by atoms with Crippen molar-refractivity contribution >= 4 is 43.7 Å². The summed E-state index contributed by atoms with van der Waals surface area (Å²) in [5.74, 6) is -2.23. The largest absolute Gasteiger partial charge is 0.480 e. The molecule has 0 spiro atoms. The molecule has 0 aliphatic rings. The van der Waals surface area contributed by atoms with Gasteiger partial charge in [-0.1, -0.05) is 13.8 Å². The summed E-state index contributed by atoms with van der Waals surface area (Å²) < 4.78 is 27.6. The van der Waals surface area contributed by atoms with Crippen LogP contribution >= 0.6 is 31.9 Å². The lowest BCUT2D eigenvalue weighted by Crippen LogP contribution is -2.40. The van der Waals surface area contributed by atoms with Gasteiger partial charge in [0.25, 0.3) is 0 Å². The van der Waals surface area contributed by atoms with Gasteiger partial charge < -0.3 is 16.2 Å². The van der Waals surface area contributed by atoms with Crippen LogP contribution in [-0.2, 0) is 16.0 Å². The molecular formula is C21H25Br2F2N3O3. The van der Waals surface area contributed by atoms with Crippen molar-refractivity contribution in [3.8, 4) is 0 Å². The van der Waals surface area contributed by atoms with Gasteiger partial charge in [-0.25, -0.2) is 18.6 Å². The van der Waals surface area contributed by atoms with Gasteiger partial charge in [-0.2, -0.15) is 0 Å². The molecule has 170 valence electrons. The average molecular weight is 565 g/mol. The molecule has 2 aromatic rings. The van der Waals surface area contributed by atoms with Gasteiger partial charge in [-0.3, -0.25) is 4.79 Å². The summed E-state index contributed by atoms with van der Waals surface area (Å²) in [6.45, 7) is 5.14. The molecule has 0 saturated heterocycles. The van der Waals surface area contributed by atoms with E-state index in [1.54, 1.807) is 6.07 Å². The fourth-order valence-electron chi connectivity index (χ4n) is 2.71. The third-order valence-corrected chi connectivity index (χ3v) is 5.06. The zero-order valence-electron chi connectivity index (χ0n) is 17.3. The molecule has 6 nitrogen and oxygen atoms in total.